The van der Waals surface area contributed by atoms with Gasteiger partial charge in [0.15, 0.2) is 5.17 Å². The highest BCUT2D eigenvalue weighted by atomic mass is 32.2. The number of nitrogens with zero attached hydrogens (tertiary/aromatic N) is 2. The lowest BCUT2D eigenvalue weighted by Gasteiger charge is -2.35. The SMILES string of the molecule is C[C@@H]1CCCC[C@@H]1N1C(=O)/C(=C/c2cccs2)SC1=Nc1ccccc1. The predicted molar refractivity (Wildman–Crippen MR) is 112 cm³/mol. The summed E-state index contributed by atoms with van der Waals surface area (Å²) in [7, 11) is 0. The highest BCUT2D eigenvalue weighted by Crippen LogP contribution is 2.40. The fourth-order valence-corrected chi connectivity index (χ4v) is 5.42. The fraction of sp³-hybridized carbons (Fsp3) is 0.333. The lowest BCUT2D eigenvalue weighted by molar-refractivity contribution is -0.124. The molecule has 2 aliphatic rings. The molecule has 0 bridgehead atoms. The average Bonchev–Trinajstić information content (AvgIpc) is 3.26. The van der Waals surface area contributed by atoms with Crippen molar-refractivity contribution in [3.63, 3.8) is 0 Å². The fourth-order valence-electron chi connectivity index (χ4n) is 3.65. The third-order valence-electron chi connectivity index (χ3n) is 5.03. The first-order valence-corrected chi connectivity index (χ1v) is 10.8. The number of carbonyl (C=O) groups excluding carboxylic acids is 1. The molecule has 1 amide bonds. The number of thiophene rings is 1. The number of carbonyl (C=O) groups is 1. The van der Waals surface area contributed by atoms with E-state index in [4.69, 9.17) is 4.99 Å². The molecule has 2 aromatic rings. The Balaban J connectivity index is 1.71. The number of para-hydroxylation sites is 1. The van der Waals surface area contributed by atoms with E-state index in [9.17, 15) is 4.79 Å². The molecule has 1 saturated carbocycles. The van der Waals surface area contributed by atoms with Crippen LogP contribution in [0.3, 0.4) is 0 Å². The third kappa shape index (κ3) is 3.64. The van der Waals surface area contributed by atoms with Gasteiger partial charge >= 0.3 is 0 Å². The van der Waals surface area contributed by atoms with Crippen molar-refractivity contribution in [1.82, 2.24) is 4.90 Å². The number of thioether (sulfide) groups is 1. The van der Waals surface area contributed by atoms with Gasteiger partial charge < -0.3 is 0 Å². The summed E-state index contributed by atoms with van der Waals surface area (Å²) in [6, 6.07) is 14.2. The predicted octanol–water partition coefficient (Wildman–Crippen LogP) is 5.93. The van der Waals surface area contributed by atoms with Crippen molar-refractivity contribution >= 4 is 45.9 Å². The maximum absolute atomic E-state index is 13.2. The summed E-state index contributed by atoms with van der Waals surface area (Å²) >= 11 is 3.16. The molecule has 0 spiro atoms. The van der Waals surface area contributed by atoms with Crippen molar-refractivity contribution in [3.05, 3.63) is 57.6 Å². The van der Waals surface area contributed by atoms with Crippen LogP contribution in [0.4, 0.5) is 5.69 Å². The summed E-state index contributed by atoms with van der Waals surface area (Å²) in [4.78, 5) is 21.9. The number of amides is 1. The summed E-state index contributed by atoms with van der Waals surface area (Å²) in [5.41, 5.74) is 0.897. The van der Waals surface area contributed by atoms with E-state index in [0.717, 1.165) is 27.1 Å². The van der Waals surface area contributed by atoms with Crippen LogP contribution in [0.5, 0.6) is 0 Å². The smallest absolute Gasteiger partial charge is 0.267 e. The molecule has 1 aromatic heterocycles. The van der Waals surface area contributed by atoms with Gasteiger partial charge in [0.25, 0.3) is 5.91 Å². The van der Waals surface area contributed by atoms with Gasteiger partial charge in [-0.2, -0.15) is 0 Å². The monoisotopic (exact) mass is 382 g/mol. The van der Waals surface area contributed by atoms with Crippen molar-refractivity contribution in [2.45, 2.75) is 38.6 Å². The van der Waals surface area contributed by atoms with E-state index in [1.807, 2.05) is 58.8 Å². The number of hydrogen-bond acceptors (Lipinski definition) is 4. The normalized spacial score (nSPS) is 26.8. The van der Waals surface area contributed by atoms with Crippen molar-refractivity contribution < 1.29 is 4.79 Å². The van der Waals surface area contributed by atoms with Crippen molar-refractivity contribution in [1.29, 1.82) is 0 Å². The van der Waals surface area contributed by atoms with Crippen molar-refractivity contribution in [2.75, 3.05) is 0 Å². The number of amidine groups is 1. The van der Waals surface area contributed by atoms with Crippen LogP contribution in [0.1, 0.15) is 37.5 Å². The second-order valence-electron chi connectivity index (χ2n) is 6.86. The molecule has 5 heteroatoms. The van der Waals surface area contributed by atoms with Gasteiger partial charge in [-0.15, -0.1) is 11.3 Å². The molecule has 2 atom stereocenters. The van der Waals surface area contributed by atoms with Crippen LogP contribution in [0.15, 0.2) is 57.7 Å². The number of rotatable bonds is 3. The summed E-state index contributed by atoms with van der Waals surface area (Å²) in [6.07, 6.45) is 6.70. The highest BCUT2D eigenvalue weighted by molar-refractivity contribution is 8.18. The van der Waals surface area contributed by atoms with Gasteiger partial charge in [-0.3, -0.25) is 9.69 Å². The largest absolute Gasteiger partial charge is 0.283 e. The van der Waals surface area contributed by atoms with E-state index in [-0.39, 0.29) is 11.9 Å². The Morgan fingerprint density at radius 3 is 2.65 bits per heavy atom. The van der Waals surface area contributed by atoms with Gasteiger partial charge in [0.05, 0.1) is 10.6 Å². The van der Waals surface area contributed by atoms with Crippen LogP contribution in [-0.2, 0) is 4.79 Å². The minimum absolute atomic E-state index is 0.108. The molecule has 3 nitrogen and oxygen atoms in total. The molecule has 1 saturated heterocycles. The van der Waals surface area contributed by atoms with Crippen LogP contribution in [0.25, 0.3) is 6.08 Å². The molecule has 0 N–H and O–H groups in total. The first-order chi connectivity index (χ1) is 12.7. The highest BCUT2D eigenvalue weighted by Gasteiger charge is 2.41. The summed E-state index contributed by atoms with van der Waals surface area (Å²) < 4.78 is 0. The molecule has 2 heterocycles. The van der Waals surface area contributed by atoms with E-state index in [1.54, 1.807) is 11.3 Å². The molecular weight excluding hydrogens is 360 g/mol. The van der Waals surface area contributed by atoms with E-state index >= 15 is 0 Å². The summed E-state index contributed by atoms with van der Waals surface area (Å²) in [5, 5.41) is 2.86. The molecule has 0 unspecified atom stereocenters. The van der Waals surface area contributed by atoms with Gasteiger partial charge in [-0.25, -0.2) is 4.99 Å². The Labute approximate surface area is 162 Å². The molecule has 2 fully saturated rings. The molecule has 0 radical (unpaired) electrons. The van der Waals surface area contributed by atoms with E-state index in [1.165, 1.54) is 31.0 Å². The zero-order valence-electron chi connectivity index (χ0n) is 14.8. The quantitative estimate of drug-likeness (QED) is 0.616. The van der Waals surface area contributed by atoms with E-state index in [2.05, 4.69) is 6.92 Å². The standard InChI is InChI=1S/C21H22N2OS2/c1-15-8-5-6-12-18(15)23-20(24)19(14-17-11-7-13-25-17)26-21(23)22-16-9-3-2-4-10-16/h2-4,7,9-11,13-15,18H,5-6,8,12H2,1H3/b19-14-,22-21?/t15-,18+/m1/s1. The molecular formula is C21H22N2OS2. The molecule has 1 aromatic carbocycles. The van der Waals surface area contributed by atoms with Gasteiger partial charge in [0, 0.05) is 10.9 Å². The van der Waals surface area contributed by atoms with Crippen LogP contribution < -0.4 is 0 Å². The average molecular weight is 383 g/mol. The maximum atomic E-state index is 13.2. The van der Waals surface area contributed by atoms with Gasteiger partial charge in [-0.1, -0.05) is 44.0 Å². The Kier molecular flexibility index (Phi) is 5.27. The lowest BCUT2D eigenvalue weighted by atomic mass is 9.85. The second-order valence-corrected chi connectivity index (χ2v) is 8.85. The van der Waals surface area contributed by atoms with Gasteiger partial charge in [-0.05, 0) is 60.2 Å². The number of hydrogen-bond donors (Lipinski definition) is 0. The zero-order valence-corrected chi connectivity index (χ0v) is 16.4. The third-order valence-corrected chi connectivity index (χ3v) is 6.83. The Bertz CT molecular complexity index is 827. The summed E-state index contributed by atoms with van der Waals surface area (Å²) in [5.74, 6) is 0.618. The summed E-state index contributed by atoms with van der Waals surface area (Å²) in [6.45, 7) is 2.27. The zero-order chi connectivity index (χ0) is 17.9. The van der Waals surface area contributed by atoms with Crippen LogP contribution >= 0.6 is 23.1 Å². The number of aliphatic imine (C=N–C) groups is 1. The maximum Gasteiger partial charge on any atom is 0.267 e. The Morgan fingerprint density at radius 2 is 1.92 bits per heavy atom. The molecule has 4 rings (SSSR count). The molecule has 1 aliphatic carbocycles. The molecule has 26 heavy (non-hydrogen) atoms. The Morgan fingerprint density at radius 1 is 1.12 bits per heavy atom. The van der Waals surface area contributed by atoms with Gasteiger partial charge in [0.2, 0.25) is 0 Å². The first kappa shape index (κ1) is 17.6. The van der Waals surface area contributed by atoms with E-state index in [0.29, 0.717) is 5.92 Å². The van der Waals surface area contributed by atoms with Crippen LogP contribution in [0.2, 0.25) is 0 Å². The van der Waals surface area contributed by atoms with Crippen molar-refractivity contribution in [3.8, 4) is 0 Å². The van der Waals surface area contributed by atoms with Crippen LogP contribution in [0, 0.1) is 5.92 Å². The minimum atomic E-state index is 0.108. The minimum Gasteiger partial charge on any atom is -0.283 e. The topological polar surface area (TPSA) is 32.7 Å². The molecule has 134 valence electrons. The van der Waals surface area contributed by atoms with Crippen molar-refractivity contribution in [2.24, 2.45) is 10.9 Å². The molecule has 1 aliphatic heterocycles. The first-order valence-electron chi connectivity index (χ1n) is 9.13. The Hall–Kier alpha value is -1.85. The van der Waals surface area contributed by atoms with Crippen LogP contribution in [-0.4, -0.2) is 22.0 Å². The van der Waals surface area contributed by atoms with Gasteiger partial charge in [0.1, 0.15) is 0 Å². The lowest BCUT2D eigenvalue weighted by Crippen LogP contribution is -2.44. The number of benzene rings is 1. The second kappa shape index (κ2) is 7.80. The van der Waals surface area contributed by atoms with E-state index < -0.39 is 0 Å².